The van der Waals surface area contributed by atoms with Crippen molar-refractivity contribution in [2.75, 3.05) is 13.1 Å². The van der Waals surface area contributed by atoms with Crippen molar-refractivity contribution in [2.24, 2.45) is 5.92 Å². The van der Waals surface area contributed by atoms with Gasteiger partial charge in [0, 0.05) is 12.5 Å². The Bertz CT molecular complexity index is 558. The summed E-state index contributed by atoms with van der Waals surface area (Å²) in [5, 5.41) is 14.6. The summed E-state index contributed by atoms with van der Waals surface area (Å²) in [6.07, 6.45) is 0.811. The molecule has 0 aromatic heterocycles. The lowest BCUT2D eigenvalue weighted by molar-refractivity contribution is 0.0244. The van der Waals surface area contributed by atoms with Gasteiger partial charge in [0.2, 0.25) is 0 Å². The normalized spacial score (nSPS) is 18.9. The minimum atomic E-state index is -1.25. The van der Waals surface area contributed by atoms with Crippen LogP contribution in [-0.4, -0.2) is 18.2 Å². The third-order valence-electron chi connectivity index (χ3n) is 4.22. The first-order valence-corrected chi connectivity index (χ1v) is 7.06. The van der Waals surface area contributed by atoms with E-state index >= 15 is 0 Å². The lowest BCUT2D eigenvalue weighted by Gasteiger charge is -2.35. The molecule has 0 unspecified atom stereocenters. The van der Waals surface area contributed by atoms with E-state index in [-0.39, 0.29) is 17.6 Å². The third-order valence-corrected chi connectivity index (χ3v) is 4.22. The summed E-state index contributed by atoms with van der Waals surface area (Å²) in [6, 6.07) is 11.7. The van der Waals surface area contributed by atoms with Gasteiger partial charge in [0.25, 0.3) is 0 Å². The topological polar surface area (TPSA) is 32.3 Å². The number of rotatable bonds is 3. The van der Waals surface area contributed by atoms with Crippen LogP contribution in [0.1, 0.15) is 17.5 Å². The quantitative estimate of drug-likeness (QED) is 0.910. The molecule has 0 spiro atoms. The first-order valence-electron chi connectivity index (χ1n) is 7.06. The van der Waals surface area contributed by atoms with Crippen molar-refractivity contribution in [3.05, 3.63) is 71.3 Å². The fourth-order valence-corrected chi connectivity index (χ4v) is 3.06. The molecule has 4 heteroatoms. The number of hydrogen-bond acceptors (Lipinski definition) is 2. The van der Waals surface area contributed by atoms with Crippen LogP contribution < -0.4 is 5.32 Å². The molecule has 2 nitrogen and oxygen atoms in total. The van der Waals surface area contributed by atoms with Crippen LogP contribution in [0, 0.1) is 17.6 Å². The van der Waals surface area contributed by atoms with E-state index in [2.05, 4.69) is 5.32 Å². The highest BCUT2D eigenvalue weighted by molar-refractivity contribution is 5.37. The molecule has 2 aromatic rings. The van der Waals surface area contributed by atoms with Crippen molar-refractivity contribution in [2.45, 2.75) is 12.0 Å². The maximum Gasteiger partial charge on any atom is 0.123 e. The molecule has 0 aliphatic carbocycles. The minimum Gasteiger partial charge on any atom is -0.380 e. The van der Waals surface area contributed by atoms with E-state index in [0.717, 1.165) is 13.0 Å². The fourth-order valence-electron chi connectivity index (χ4n) is 3.06. The largest absolute Gasteiger partial charge is 0.380 e. The van der Waals surface area contributed by atoms with Crippen LogP contribution in [0.4, 0.5) is 8.78 Å². The van der Waals surface area contributed by atoms with Crippen molar-refractivity contribution in [3.8, 4) is 0 Å². The summed E-state index contributed by atoms with van der Waals surface area (Å²) < 4.78 is 26.3. The van der Waals surface area contributed by atoms with Crippen molar-refractivity contribution in [3.63, 3.8) is 0 Å². The predicted octanol–water partition coefficient (Wildman–Crippen LogP) is 2.81. The predicted molar refractivity (Wildman–Crippen MR) is 76.8 cm³/mol. The van der Waals surface area contributed by atoms with Gasteiger partial charge in [-0.3, -0.25) is 0 Å². The molecule has 1 atom stereocenters. The Morgan fingerprint density at radius 3 is 1.76 bits per heavy atom. The molecule has 1 aliphatic heterocycles. The zero-order valence-electron chi connectivity index (χ0n) is 11.5. The SMILES string of the molecule is OC(c1ccc(F)cc1)(c1ccc(F)cc1)[C@@H]1CCNC1. The van der Waals surface area contributed by atoms with E-state index < -0.39 is 5.60 Å². The van der Waals surface area contributed by atoms with Gasteiger partial charge in [0.05, 0.1) is 0 Å². The third kappa shape index (κ3) is 2.57. The molecular formula is C17H17F2NO. The Balaban J connectivity index is 2.09. The maximum atomic E-state index is 13.2. The second kappa shape index (κ2) is 5.54. The van der Waals surface area contributed by atoms with Crippen LogP contribution in [0.2, 0.25) is 0 Å². The zero-order valence-corrected chi connectivity index (χ0v) is 11.5. The summed E-state index contributed by atoms with van der Waals surface area (Å²) in [7, 11) is 0. The fraction of sp³-hybridized carbons (Fsp3) is 0.294. The Labute approximate surface area is 122 Å². The van der Waals surface area contributed by atoms with E-state index in [1.165, 1.54) is 24.3 Å². The Kier molecular flexibility index (Phi) is 3.74. The summed E-state index contributed by atoms with van der Waals surface area (Å²) in [5.41, 5.74) is 0.0127. The Morgan fingerprint density at radius 1 is 0.905 bits per heavy atom. The zero-order chi connectivity index (χ0) is 14.9. The minimum absolute atomic E-state index is 0.0339. The molecule has 2 N–H and O–H groups in total. The highest BCUT2D eigenvalue weighted by Crippen LogP contribution is 2.39. The van der Waals surface area contributed by atoms with Crippen molar-refractivity contribution < 1.29 is 13.9 Å². The van der Waals surface area contributed by atoms with E-state index in [1.807, 2.05) is 0 Å². The lowest BCUT2D eigenvalue weighted by atomic mass is 9.75. The summed E-state index contributed by atoms with van der Waals surface area (Å²) >= 11 is 0. The van der Waals surface area contributed by atoms with Gasteiger partial charge < -0.3 is 10.4 Å². The molecule has 0 saturated carbocycles. The van der Waals surface area contributed by atoms with Gasteiger partial charge in [-0.25, -0.2) is 8.78 Å². The average molecular weight is 289 g/mol. The van der Waals surface area contributed by atoms with E-state index in [1.54, 1.807) is 24.3 Å². The number of nitrogens with one attached hydrogen (secondary N) is 1. The molecule has 1 saturated heterocycles. The Morgan fingerprint density at radius 2 is 1.38 bits per heavy atom. The molecule has 110 valence electrons. The Hall–Kier alpha value is -1.78. The van der Waals surface area contributed by atoms with Crippen LogP contribution >= 0.6 is 0 Å². The van der Waals surface area contributed by atoms with Crippen molar-refractivity contribution in [1.29, 1.82) is 0 Å². The molecule has 2 aromatic carbocycles. The smallest absolute Gasteiger partial charge is 0.123 e. The second-order valence-electron chi connectivity index (χ2n) is 5.47. The number of halogens is 2. The molecule has 0 bridgehead atoms. The van der Waals surface area contributed by atoms with Crippen LogP contribution in [0.3, 0.4) is 0 Å². The molecule has 0 radical (unpaired) electrons. The summed E-state index contributed by atoms with van der Waals surface area (Å²) in [5.74, 6) is -0.720. The molecule has 0 amide bonds. The van der Waals surface area contributed by atoms with E-state index in [4.69, 9.17) is 0 Å². The van der Waals surface area contributed by atoms with Gasteiger partial charge in [0.1, 0.15) is 17.2 Å². The molecular weight excluding hydrogens is 272 g/mol. The maximum absolute atomic E-state index is 13.2. The number of aliphatic hydroxyl groups is 1. The van der Waals surface area contributed by atoms with Gasteiger partial charge in [-0.15, -0.1) is 0 Å². The van der Waals surface area contributed by atoms with Gasteiger partial charge >= 0.3 is 0 Å². The summed E-state index contributed by atoms with van der Waals surface area (Å²) in [4.78, 5) is 0. The van der Waals surface area contributed by atoms with Crippen molar-refractivity contribution >= 4 is 0 Å². The van der Waals surface area contributed by atoms with Gasteiger partial charge in [-0.05, 0) is 48.4 Å². The first kappa shape index (κ1) is 14.2. The number of benzene rings is 2. The molecule has 1 heterocycles. The van der Waals surface area contributed by atoms with Gasteiger partial charge in [0.15, 0.2) is 0 Å². The standard InChI is InChI=1S/C17H17F2NO/c18-15-5-1-12(2-6-15)17(21,14-9-10-20-11-14)13-3-7-16(19)8-4-13/h1-8,14,20-21H,9-11H2/t14-/m1/s1. The highest BCUT2D eigenvalue weighted by atomic mass is 19.1. The van der Waals surface area contributed by atoms with Crippen LogP contribution in [-0.2, 0) is 5.60 Å². The summed E-state index contributed by atoms with van der Waals surface area (Å²) in [6.45, 7) is 1.50. The lowest BCUT2D eigenvalue weighted by Crippen LogP contribution is -2.37. The second-order valence-corrected chi connectivity index (χ2v) is 5.47. The highest BCUT2D eigenvalue weighted by Gasteiger charge is 2.41. The van der Waals surface area contributed by atoms with E-state index in [0.29, 0.717) is 17.7 Å². The van der Waals surface area contributed by atoms with Crippen LogP contribution in [0.25, 0.3) is 0 Å². The van der Waals surface area contributed by atoms with Crippen molar-refractivity contribution in [1.82, 2.24) is 5.32 Å². The van der Waals surface area contributed by atoms with Crippen LogP contribution in [0.5, 0.6) is 0 Å². The number of hydrogen-bond donors (Lipinski definition) is 2. The van der Waals surface area contributed by atoms with E-state index in [9.17, 15) is 13.9 Å². The van der Waals surface area contributed by atoms with Gasteiger partial charge in [-0.2, -0.15) is 0 Å². The van der Waals surface area contributed by atoms with Gasteiger partial charge in [-0.1, -0.05) is 24.3 Å². The molecule has 1 fully saturated rings. The van der Waals surface area contributed by atoms with Crippen LogP contribution in [0.15, 0.2) is 48.5 Å². The first-order chi connectivity index (χ1) is 10.1. The molecule has 3 rings (SSSR count). The molecule has 21 heavy (non-hydrogen) atoms. The molecule has 1 aliphatic rings. The average Bonchev–Trinajstić information content (AvgIpc) is 3.02. The monoisotopic (exact) mass is 289 g/mol.